The van der Waals surface area contributed by atoms with Crippen molar-refractivity contribution in [2.45, 2.75) is 13.8 Å². The largest absolute Gasteiger partial charge is 0.508 e. The van der Waals surface area contributed by atoms with Crippen LogP contribution >= 0.6 is 15.9 Å². The van der Waals surface area contributed by atoms with Gasteiger partial charge in [-0.05, 0) is 66.9 Å². The van der Waals surface area contributed by atoms with Crippen LogP contribution in [-0.2, 0) is 4.79 Å². The van der Waals surface area contributed by atoms with E-state index in [2.05, 4.69) is 26.5 Å². The highest BCUT2D eigenvalue weighted by atomic mass is 79.9. The van der Waals surface area contributed by atoms with Gasteiger partial charge in [-0.25, -0.2) is 5.43 Å². The van der Waals surface area contributed by atoms with Gasteiger partial charge >= 0.3 is 0 Å². The van der Waals surface area contributed by atoms with Gasteiger partial charge in [0.25, 0.3) is 5.91 Å². The smallest absolute Gasteiger partial charge is 0.277 e. The summed E-state index contributed by atoms with van der Waals surface area (Å²) in [5, 5.41) is 13.0. The molecule has 2 aromatic rings. The van der Waals surface area contributed by atoms with E-state index in [0.717, 1.165) is 21.2 Å². The van der Waals surface area contributed by atoms with Crippen molar-refractivity contribution in [3.05, 3.63) is 57.6 Å². The molecule has 0 aliphatic heterocycles. The van der Waals surface area contributed by atoms with Gasteiger partial charge in [-0.1, -0.05) is 15.9 Å². The fourth-order valence-corrected chi connectivity index (χ4v) is 2.72. The molecule has 1 amide bonds. The van der Waals surface area contributed by atoms with Crippen molar-refractivity contribution >= 4 is 28.1 Å². The normalized spacial score (nSPS) is 10.7. The summed E-state index contributed by atoms with van der Waals surface area (Å²) in [6, 6.07) is 10.3. The van der Waals surface area contributed by atoms with E-state index in [9.17, 15) is 9.90 Å². The number of amides is 1. The molecule has 0 unspecified atom stereocenters. The summed E-state index contributed by atoms with van der Waals surface area (Å²) < 4.78 is 6.54. The summed E-state index contributed by atoms with van der Waals surface area (Å²) in [6.07, 6.45) is 1.49. The summed E-state index contributed by atoms with van der Waals surface area (Å²) >= 11 is 3.42. The second kappa shape index (κ2) is 7.78. The Labute approximate surface area is 143 Å². The molecule has 23 heavy (non-hydrogen) atoms. The number of aromatic hydroxyl groups is 1. The van der Waals surface area contributed by atoms with Gasteiger partial charge < -0.3 is 9.84 Å². The number of phenols is 1. The number of benzene rings is 2. The monoisotopic (exact) mass is 376 g/mol. The summed E-state index contributed by atoms with van der Waals surface area (Å²) in [7, 11) is 0. The molecule has 5 nitrogen and oxygen atoms in total. The first-order valence-corrected chi connectivity index (χ1v) is 7.75. The van der Waals surface area contributed by atoms with Gasteiger partial charge in [0.1, 0.15) is 11.5 Å². The number of halogens is 1. The SMILES string of the molecule is Cc1cc(Br)cc(C)c1OCC(=O)N/N=C/c1ccc(O)cc1. The molecule has 0 heterocycles. The number of nitrogens with zero attached hydrogens (tertiary/aromatic N) is 1. The van der Waals surface area contributed by atoms with Crippen molar-refractivity contribution in [3.63, 3.8) is 0 Å². The number of aryl methyl sites for hydroxylation is 2. The van der Waals surface area contributed by atoms with E-state index in [4.69, 9.17) is 4.74 Å². The van der Waals surface area contributed by atoms with Gasteiger partial charge in [0.05, 0.1) is 6.21 Å². The Morgan fingerprint density at radius 1 is 1.26 bits per heavy atom. The summed E-state index contributed by atoms with van der Waals surface area (Å²) in [5.41, 5.74) is 5.08. The number of hydrogen-bond donors (Lipinski definition) is 2. The second-order valence-electron chi connectivity index (χ2n) is 5.04. The Morgan fingerprint density at radius 2 is 1.87 bits per heavy atom. The number of nitrogens with one attached hydrogen (secondary N) is 1. The maximum absolute atomic E-state index is 11.8. The van der Waals surface area contributed by atoms with Crippen molar-refractivity contribution in [2.75, 3.05) is 6.61 Å². The minimum atomic E-state index is -0.346. The predicted octanol–water partition coefficient (Wildman–Crippen LogP) is 3.30. The topological polar surface area (TPSA) is 70.9 Å². The molecule has 2 rings (SSSR count). The van der Waals surface area contributed by atoms with E-state index < -0.39 is 0 Å². The Hall–Kier alpha value is -2.34. The minimum Gasteiger partial charge on any atom is -0.508 e. The molecule has 0 bridgehead atoms. The van der Waals surface area contributed by atoms with Gasteiger partial charge in [0.15, 0.2) is 6.61 Å². The Bertz CT molecular complexity index is 704. The molecule has 0 saturated carbocycles. The molecule has 0 fully saturated rings. The number of ether oxygens (including phenoxy) is 1. The number of hydrazone groups is 1. The minimum absolute atomic E-state index is 0.115. The van der Waals surface area contributed by atoms with Crippen LogP contribution in [0.25, 0.3) is 0 Å². The standard InChI is InChI=1S/C17H17BrN2O3/c1-11-7-14(18)8-12(2)17(11)23-10-16(22)20-19-9-13-3-5-15(21)6-4-13/h3-9,21H,10H2,1-2H3,(H,20,22)/b19-9+. The van der Waals surface area contributed by atoms with Crippen molar-refractivity contribution in [1.82, 2.24) is 5.43 Å². The zero-order valence-electron chi connectivity index (χ0n) is 12.8. The average molecular weight is 377 g/mol. The molecular weight excluding hydrogens is 360 g/mol. The second-order valence-corrected chi connectivity index (χ2v) is 5.96. The molecule has 0 spiro atoms. The van der Waals surface area contributed by atoms with Crippen LogP contribution < -0.4 is 10.2 Å². The van der Waals surface area contributed by atoms with Crippen LogP contribution in [0.4, 0.5) is 0 Å². The van der Waals surface area contributed by atoms with E-state index in [1.807, 2.05) is 26.0 Å². The summed E-state index contributed by atoms with van der Waals surface area (Å²) in [5.74, 6) is 0.535. The van der Waals surface area contributed by atoms with E-state index in [1.54, 1.807) is 24.3 Å². The Kier molecular flexibility index (Phi) is 5.76. The van der Waals surface area contributed by atoms with Crippen molar-refractivity contribution in [2.24, 2.45) is 5.10 Å². The van der Waals surface area contributed by atoms with Crippen LogP contribution in [0.1, 0.15) is 16.7 Å². The molecule has 6 heteroatoms. The highest BCUT2D eigenvalue weighted by molar-refractivity contribution is 9.10. The van der Waals surface area contributed by atoms with Crippen LogP contribution in [0.2, 0.25) is 0 Å². The van der Waals surface area contributed by atoms with Gasteiger partial charge in [-0.3, -0.25) is 4.79 Å². The Balaban J connectivity index is 1.87. The van der Waals surface area contributed by atoms with Crippen LogP contribution in [0.3, 0.4) is 0 Å². The fourth-order valence-electron chi connectivity index (χ4n) is 2.03. The molecule has 0 aliphatic rings. The van der Waals surface area contributed by atoms with Crippen LogP contribution in [0.5, 0.6) is 11.5 Å². The molecule has 0 atom stereocenters. The third kappa shape index (κ3) is 5.10. The number of carbonyl (C=O) groups excluding carboxylic acids is 1. The molecule has 2 N–H and O–H groups in total. The van der Waals surface area contributed by atoms with E-state index >= 15 is 0 Å². The third-order valence-corrected chi connectivity index (χ3v) is 3.53. The first-order valence-electron chi connectivity index (χ1n) is 6.96. The molecule has 0 aromatic heterocycles. The lowest BCUT2D eigenvalue weighted by atomic mass is 10.1. The zero-order chi connectivity index (χ0) is 16.8. The average Bonchev–Trinajstić information content (AvgIpc) is 2.48. The molecule has 0 radical (unpaired) electrons. The highest BCUT2D eigenvalue weighted by Gasteiger charge is 2.08. The van der Waals surface area contributed by atoms with Gasteiger partial charge in [-0.15, -0.1) is 0 Å². The lowest BCUT2D eigenvalue weighted by Gasteiger charge is -2.11. The fraction of sp³-hybridized carbons (Fsp3) is 0.176. The maximum Gasteiger partial charge on any atom is 0.277 e. The first kappa shape index (κ1) is 17.0. The lowest BCUT2D eigenvalue weighted by molar-refractivity contribution is -0.123. The van der Waals surface area contributed by atoms with Crippen LogP contribution in [-0.4, -0.2) is 23.8 Å². The Morgan fingerprint density at radius 3 is 2.48 bits per heavy atom. The third-order valence-electron chi connectivity index (χ3n) is 3.07. The molecule has 2 aromatic carbocycles. The predicted molar refractivity (Wildman–Crippen MR) is 93.0 cm³/mol. The number of rotatable bonds is 5. The first-order chi connectivity index (χ1) is 11.0. The van der Waals surface area contributed by atoms with Crippen molar-refractivity contribution in [3.8, 4) is 11.5 Å². The molecular formula is C17H17BrN2O3. The maximum atomic E-state index is 11.8. The van der Waals surface area contributed by atoms with Crippen LogP contribution in [0, 0.1) is 13.8 Å². The number of hydrogen-bond acceptors (Lipinski definition) is 4. The molecule has 0 aliphatic carbocycles. The van der Waals surface area contributed by atoms with Crippen molar-refractivity contribution < 1.29 is 14.6 Å². The van der Waals surface area contributed by atoms with Gasteiger partial charge in [-0.2, -0.15) is 5.10 Å². The van der Waals surface area contributed by atoms with Crippen molar-refractivity contribution in [1.29, 1.82) is 0 Å². The van der Waals surface area contributed by atoms with Gasteiger partial charge in [0.2, 0.25) is 0 Å². The zero-order valence-corrected chi connectivity index (χ0v) is 14.4. The lowest BCUT2D eigenvalue weighted by Crippen LogP contribution is -2.25. The molecule has 0 saturated heterocycles. The number of carbonyl (C=O) groups is 1. The quantitative estimate of drug-likeness (QED) is 0.621. The number of phenolic OH excluding ortho intramolecular Hbond substituents is 1. The van der Waals surface area contributed by atoms with E-state index in [0.29, 0.717) is 5.75 Å². The van der Waals surface area contributed by atoms with Gasteiger partial charge in [0, 0.05) is 4.47 Å². The van der Waals surface area contributed by atoms with E-state index in [1.165, 1.54) is 6.21 Å². The van der Waals surface area contributed by atoms with Crippen LogP contribution in [0.15, 0.2) is 46.0 Å². The highest BCUT2D eigenvalue weighted by Crippen LogP contribution is 2.27. The summed E-state index contributed by atoms with van der Waals surface area (Å²) in [4.78, 5) is 11.8. The summed E-state index contributed by atoms with van der Waals surface area (Å²) in [6.45, 7) is 3.73. The van der Waals surface area contributed by atoms with E-state index in [-0.39, 0.29) is 18.3 Å². The molecule has 120 valence electrons.